The Hall–Kier alpha value is -0.970. The molecule has 0 aliphatic heterocycles. The van der Waals surface area contributed by atoms with E-state index < -0.39 is 0 Å². The summed E-state index contributed by atoms with van der Waals surface area (Å²) in [6.07, 6.45) is 2.28. The molecule has 0 spiro atoms. The summed E-state index contributed by atoms with van der Waals surface area (Å²) in [5.74, 6) is 0. The van der Waals surface area contributed by atoms with E-state index in [0.717, 1.165) is 31.0 Å². The molecule has 21 heavy (non-hydrogen) atoms. The van der Waals surface area contributed by atoms with Crippen LogP contribution in [-0.4, -0.2) is 30.3 Å². The smallest absolute Gasteiger partial charge is 0.0889 e. The lowest BCUT2D eigenvalue weighted by Crippen LogP contribution is -2.35. The van der Waals surface area contributed by atoms with Crippen molar-refractivity contribution in [2.24, 2.45) is 0 Å². The summed E-state index contributed by atoms with van der Waals surface area (Å²) in [7, 11) is 0. The van der Waals surface area contributed by atoms with Gasteiger partial charge in [0.05, 0.1) is 31.2 Å². The molecule has 0 saturated carbocycles. The quantitative estimate of drug-likeness (QED) is 0.672. The zero-order chi connectivity index (χ0) is 15.6. The van der Waals surface area contributed by atoms with Crippen LogP contribution in [0.5, 0.6) is 0 Å². The van der Waals surface area contributed by atoms with Crippen LogP contribution in [0.15, 0.2) is 18.2 Å². The molecular formula is C17H30N2O2. The van der Waals surface area contributed by atoms with Crippen molar-refractivity contribution in [3.8, 4) is 0 Å². The Morgan fingerprint density at radius 2 is 1.76 bits per heavy atom. The fourth-order valence-electron chi connectivity index (χ4n) is 1.71. The number of aromatic nitrogens is 1. The van der Waals surface area contributed by atoms with Gasteiger partial charge in [-0.3, -0.25) is 4.98 Å². The maximum Gasteiger partial charge on any atom is 0.0889 e. The summed E-state index contributed by atoms with van der Waals surface area (Å²) in [6, 6.07) is 6.07. The molecule has 0 aliphatic rings. The Morgan fingerprint density at radius 3 is 2.48 bits per heavy atom. The molecule has 4 heteroatoms. The topological polar surface area (TPSA) is 43.4 Å². The number of hydrogen-bond acceptors (Lipinski definition) is 4. The third-order valence-electron chi connectivity index (χ3n) is 2.93. The maximum atomic E-state index is 5.59. The minimum atomic E-state index is 0.101. The molecule has 0 amide bonds. The van der Waals surface area contributed by atoms with Crippen LogP contribution in [-0.2, 0) is 22.6 Å². The number of pyridine rings is 1. The first-order valence-electron chi connectivity index (χ1n) is 7.86. The molecule has 0 unspecified atom stereocenters. The highest BCUT2D eigenvalue weighted by molar-refractivity contribution is 5.10. The average molecular weight is 294 g/mol. The van der Waals surface area contributed by atoms with E-state index >= 15 is 0 Å². The fraction of sp³-hybridized carbons (Fsp3) is 0.706. The molecule has 0 aromatic carbocycles. The SMILES string of the molecule is CCCCOCCOCc1cccc(CNC(C)(C)C)n1. The lowest BCUT2D eigenvalue weighted by atomic mass is 10.1. The van der Waals surface area contributed by atoms with Gasteiger partial charge in [0.2, 0.25) is 0 Å². The van der Waals surface area contributed by atoms with Crippen molar-refractivity contribution in [1.29, 1.82) is 0 Å². The second kappa shape index (κ2) is 9.87. The highest BCUT2D eigenvalue weighted by Gasteiger charge is 2.08. The van der Waals surface area contributed by atoms with E-state index in [2.05, 4.69) is 38.0 Å². The van der Waals surface area contributed by atoms with Gasteiger partial charge in [0.1, 0.15) is 0 Å². The summed E-state index contributed by atoms with van der Waals surface area (Å²) in [4.78, 5) is 4.59. The van der Waals surface area contributed by atoms with E-state index in [9.17, 15) is 0 Å². The molecule has 0 fully saturated rings. The molecule has 1 N–H and O–H groups in total. The van der Waals surface area contributed by atoms with Gasteiger partial charge in [-0.25, -0.2) is 0 Å². The summed E-state index contributed by atoms with van der Waals surface area (Å²) in [5.41, 5.74) is 2.12. The van der Waals surface area contributed by atoms with Gasteiger partial charge in [0.25, 0.3) is 0 Å². The number of nitrogens with zero attached hydrogens (tertiary/aromatic N) is 1. The van der Waals surface area contributed by atoms with Crippen molar-refractivity contribution in [3.63, 3.8) is 0 Å². The summed E-state index contributed by atoms with van der Waals surface area (Å²) < 4.78 is 11.0. The molecule has 0 atom stereocenters. The van der Waals surface area contributed by atoms with E-state index in [1.165, 1.54) is 6.42 Å². The molecule has 4 nitrogen and oxygen atoms in total. The van der Waals surface area contributed by atoms with Crippen molar-refractivity contribution < 1.29 is 9.47 Å². The van der Waals surface area contributed by atoms with Gasteiger partial charge < -0.3 is 14.8 Å². The number of hydrogen-bond donors (Lipinski definition) is 1. The first-order chi connectivity index (χ1) is 10.0. The van der Waals surface area contributed by atoms with Gasteiger partial charge in [-0.1, -0.05) is 19.4 Å². The fourth-order valence-corrected chi connectivity index (χ4v) is 1.71. The first-order valence-corrected chi connectivity index (χ1v) is 7.86. The van der Waals surface area contributed by atoms with Crippen LogP contribution in [0.4, 0.5) is 0 Å². The van der Waals surface area contributed by atoms with Crippen molar-refractivity contribution in [1.82, 2.24) is 10.3 Å². The lowest BCUT2D eigenvalue weighted by molar-refractivity contribution is 0.0385. The Kier molecular flexibility index (Phi) is 8.50. The van der Waals surface area contributed by atoms with Crippen LogP contribution in [0.2, 0.25) is 0 Å². The molecular weight excluding hydrogens is 264 g/mol. The van der Waals surface area contributed by atoms with Crippen LogP contribution in [0.1, 0.15) is 51.9 Å². The van der Waals surface area contributed by atoms with Crippen LogP contribution >= 0.6 is 0 Å². The predicted molar refractivity (Wildman–Crippen MR) is 86.2 cm³/mol. The van der Waals surface area contributed by atoms with E-state index in [4.69, 9.17) is 9.47 Å². The van der Waals surface area contributed by atoms with Gasteiger partial charge in [0, 0.05) is 18.7 Å². The van der Waals surface area contributed by atoms with E-state index in [1.54, 1.807) is 0 Å². The molecule has 1 heterocycles. The highest BCUT2D eigenvalue weighted by Crippen LogP contribution is 2.05. The van der Waals surface area contributed by atoms with Gasteiger partial charge in [0.15, 0.2) is 0 Å². The zero-order valence-electron chi connectivity index (χ0n) is 13.9. The summed E-state index contributed by atoms with van der Waals surface area (Å²) >= 11 is 0. The van der Waals surface area contributed by atoms with E-state index in [0.29, 0.717) is 19.8 Å². The lowest BCUT2D eigenvalue weighted by Gasteiger charge is -2.20. The number of ether oxygens (including phenoxy) is 2. The highest BCUT2D eigenvalue weighted by atomic mass is 16.5. The Labute approximate surface area is 129 Å². The first kappa shape index (κ1) is 18.1. The average Bonchev–Trinajstić information content (AvgIpc) is 2.44. The van der Waals surface area contributed by atoms with Gasteiger partial charge >= 0.3 is 0 Å². The molecule has 1 aromatic rings. The number of nitrogens with one attached hydrogen (secondary N) is 1. The Morgan fingerprint density at radius 1 is 1.05 bits per heavy atom. The molecule has 0 aliphatic carbocycles. The van der Waals surface area contributed by atoms with Crippen LogP contribution in [0, 0.1) is 0 Å². The summed E-state index contributed by atoms with van der Waals surface area (Å²) in [5, 5.41) is 3.44. The third-order valence-corrected chi connectivity index (χ3v) is 2.93. The largest absolute Gasteiger partial charge is 0.379 e. The number of unbranched alkanes of at least 4 members (excludes halogenated alkanes) is 1. The van der Waals surface area contributed by atoms with Crippen LogP contribution < -0.4 is 5.32 Å². The van der Waals surface area contributed by atoms with Gasteiger partial charge in [-0.05, 0) is 39.3 Å². The second-order valence-electron chi connectivity index (χ2n) is 6.24. The van der Waals surface area contributed by atoms with E-state index in [-0.39, 0.29) is 5.54 Å². The second-order valence-corrected chi connectivity index (χ2v) is 6.24. The Bertz CT molecular complexity index is 389. The van der Waals surface area contributed by atoms with Crippen molar-refractivity contribution in [2.45, 2.75) is 59.2 Å². The van der Waals surface area contributed by atoms with Crippen LogP contribution in [0.3, 0.4) is 0 Å². The van der Waals surface area contributed by atoms with Crippen molar-refractivity contribution in [2.75, 3.05) is 19.8 Å². The molecule has 0 radical (unpaired) electrons. The third kappa shape index (κ3) is 9.56. The van der Waals surface area contributed by atoms with Gasteiger partial charge in [-0.15, -0.1) is 0 Å². The van der Waals surface area contributed by atoms with Crippen molar-refractivity contribution >= 4 is 0 Å². The Balaban J connectivity index is 2.23. The van der Waals surface area contributed by atoms with Crippen molar-refractivity contribution in [3.05, 3.63) is 29.6 Å². The monoisotopic (exact) mass is 294 g/mol. The summed E-state index contributed by atoms with van der Waals surface area (Å²) in [6.45, 7) is 12.0. The predicted octanol–water partition coefficient (Wildman–Crippen LogP) is 3.30. The zero-order valence-corrected chi connectivity index (χ0v) is 13.9. The molecule has 120 valence electrons. The molecule has 1 rings (SSSR count). The number of rotatable bonds is 10. The van der Waals surface area contributed by atoms with Crippen LogP contribution in [0.25, 0.3) is 0 Å². The molecule has 0 bridgehead atoms. The maximum absolute atomic E-state index is 5.59. The normalized spacial score (nSPS) is 11.8. The molecule has 0 saturated heterocycles. The van der Waals surface area contributed by atoms with Gasteiger partial charge in [-0.2, -0.15) is 0 Å². The minimum Gasteiger partial charge on any atom is -0.379 e. The minimum absolute atomic E-state index is 0.101. The standard InChI is InChI=1S/C17H30N2O2/c1-5-6-10-20-11-12-21-14-16-9-7-8-15(19-16)13-18-17(2,3)4/h7-9,18H,5-6,10-14H2,1-4H3. The molecule has 1 aromatic heterocycles. The van der Waals surface area contributed by atoms with E-state index in [1.807, 2.05) is 18.2 Å².